The van der Waals surface area contributed by atoms with E-state index >= 15 is 0 Å². The van der Waals surface area contributed by atoms with Crippen molar-refractivity contribution < 1.29 is 4.74 Å². The molecule has 0 amide bonds. The lowest BCUT2D eigenvalue weighted by Crippen LogP contribution is -2.23. The monoisotopic (exact) mass is 221 g/mol. The van der Waals surface area contributed by atoms with Crippen molar-refractivity contribution in [1.82, 2.24) is 19.5 Å². The first kappa shape index (κ1) is 10.7. The fourth-order valence-electron chi connectivity index (χ4n) is 1.70. The van der Waals surface area contributed by atoms with Gasteiger partial charge in [0.25, 0.3) is 0 Å². The molecule has 2 heterocycles. The van der Waals surface area contributed by atoms with Crippen molar-refractivity contribution in [3.63, 3.8) is 0 Å². The van der Waals surface area contributed by atoms with E-state index in [1.807, 2.05) is 25.3 Å². The minimum atomic E-state index is -0.182. The van der Waals surface area contributed by atoms with Crippen molar-refractivity contribution >= 4 is 17.1 Å². The minimum Gasteiger partial charge on any atom is -0.479 e. The molecule has 0 spiro atoms. The van der Waals surface area contributed by atoms with Gasteiger partial charge in [-0.1, -0.05) is 0 Å². The maximum Gasteiger partial charge on any atom is 0.245 e. The largest absolute Gasteiger partial charge is 0.479 e. The molecule has 0 saturated carbocycles. The van der Waals surface area contributed by atoms with E-state index in [0.29, 0.717) is 23.0 Å². The number of imidazole rings is 1. The van der Waals surface area contributed by atoms with Crippen molar-refractivity contribution in [3.8, 4) is 5.88 Å². The Hall–Kier alpha value is -1.85. The number of nitrogens with two attached hydrogens (primary N) is 1. The van der Waals surface area contributed by atoms with Crippen LogP contribution in [-0.4, -0.2) is 26.6 Å². The second-order valence-electron chi connectivity index (χ2n) is 4.53. The van der Waals surface area contributed by atoms with Gasteiger partial charge in [-0.25, -0.2) is 9.97 Å². The summed E-state index contributed by atoms with van der Waals surface area (Å²) in [5.41, 5.74) is 7.00. The van der Waals surface area contributed by atoms with Gasteiger partial charge in [-0.15, -0.1) is 0 Å². The summed E-state index contributed by atoms with van der Waals surface area (Å²) in [6, 6.07) is 0. The van der Waals surface area contributed by atoms with E-state index in [9.17, 15) is 0 Å². The number of anilines is 1. The first-order valence-corrected chi connectivity index (χ1v) is 4.98. The fourth-order valence-corrected chi connectivity index (χ4v) is 1.70. The van der Waals surface area contributed by atoms with Crippen LogP contribution >= 0.6 is 0 Å². The molecule has 0 bridgehead atoms. The third kappa shape index (κ3) is 1.46. The van der Waals surface area contributed by atoms with Gasteiger partial charge < -0.3 is 10.5 Å². The molecule has 86 valence electrons. The van der Waals surface area contributed by atoms with Gasteiger partial charge in [0.05, 0.1) is 7.11 Å². The number of rotatable bonds is 1. The van der Waals surface area contributed by atoms with Gasteiger partial charge in [0, 0.05) is 5.54 Å². The van der Waals surface area contributed by atoms with Gasteiger partial charge in [-0.3, -0.25) is 4.57 Å². The zero-order valence-corrected chi connectivity index (χ0v) is 9.85. The average Bonchev–Trinajstić information content (AvgIpc) is 2.52. The van der Waals surface area contributed by atoms with Gasteiger partial charge >= 0.3 is 0 Å². The molecule has 0 aliphatic heterocycles. The molecule has 2 aromatic heterocycles. The van der Waals surface area contributed by atoms with Gasteiger partial charge in [0.2, 0.25) is 11.8 Å². The van der Waals surface area contributed by atoms with Crippen LogP contribution < -0.4 is 10.5 Å². The van der Waals surface area contributed by atoms with Crippen LogP contribution in [0.2, 0.25) is 0 Å². The molecule has 0 aromatic carbocycles. The van der Waals surface area contributed by atoms with Crippen molar-refractivity contribution in [1.29, 1.82) is 0 Å². The van der Waals surface area contributed by atoms with Crippen LogP contribution in [0.25, 0.3) is 11.2 Å². The minimum absolute atomic E-state index is 0.182. The summed E-state index contributed by atoms with van der Waals surface area (Å²) < 4.78 is 6.99. The van der Waals surface area contributed by atoms with Crippen molar-refractivity contribution in [3.05, 3.63) is 6.33 Å². The summed E-state index contributed by atoms with van der Waals surface area (Å²) in [7, 11) is 1.55. The quantitative estimate of drug-likeness (QED) is 0.782. The number of hydrogen-bond acceptors (Lipinski definition) is 5. The normalized spacial score (nSPS) is 12.0. The zero-order valence-electron chi connectivity index (χ0n) is 9.85. The molecule has 0 saturated heterocycles. The molecule has 2 N–H and O–H groups in total. The topological polar surface area (TPSA) is 78.8 Å². The lowest BCUT2D eigenvalue weighted by Gasteiger charge is -2.22. The van der Waals surface area contributed by atoms with Crippen LogP contribution in [0.5, 0.6) is 5.88 Å². The fraction of sp³-hybridized carbons (Fsp3) is 0.500. The van der Waals surface area contributed by atoms with E-state index in [1.54, 1.807) is 7.11 Å². The molecule has 0 aliphatic carbocycles. The Bertz CT molecular complexity index is 526. The summed E-state index contributed by atoms with van der Waals surface area (Å²) in [6.45, 7) is 6.12. The van der Waals surface area contributed by atoms with Crippen LogP contribution in [0.4, 0.5) is 5.95 Å². The molecule has 16 heavy (non-hydrogen) atoms. The van der Waals surface area contributed by atoms with E-state index in [2.05, 4.69) is 15.0 Å². The maximum atomic E-state index is 5.89. The van der Waals surface area contributed by atoms with Gasteiger partial charge in [0.15, 0.2) is 11.2 Å². The number of methoxy groups -OCH3 is 1. The number of nitrogens with zero attached hydrogens (tertiary/aromatic N) is 4. The van der Waals surface area contributed by atoms with Gasteiger partial charge in [0.1, 0.15) is 6.33 Å². The predicted octanol–water partition coefficient (Wildman–Crippen LogP) is 1.17. The highest BCUT2D eigenvalue weighted by Crippen LogP contribution is 2.28. The molecular formula is C10H15N5O. The first-order valence-electron chi connectivity index (χ1n) is 4.98. The van der Waals surface area contributed by atoms with Crippen LogP contribution in [0.15, 0.2) is 6.33 Å². The van der Waals surface area contributed by atoms with E-state index in [4.69, 9.17) is 10.5 Å². The van der Waals surface area contributed by atoms with Gasteiger partial charge in [-0.05, 0) is 20.8 Å². The average molecular weight is 221 g/mol. The summed E-state index contributed by atoms with van der Waals surface area (Å²) in [5.74, 6) is 0.862. The summed E-state index contributed by atoms with van der Waals surface area (Å²) in [6.07, 6.45) is 1.45. The number of ether oxygens (including phenoxy) is 1. The summed E-state index contributed by atoms with van der Waals surface area (Å²) in [5, 5.41) is 0. The third-order valence-electron chi connectivity index (χ3n) is 2.30. The second-order valence-corrected chi connectivity index (χ2v) is 4.53. The highest BCUT2D eigenvalue weighted by atomic mass is 16.5. The molecule has 0 radical (unpaired) electrons. The third-order valence-corrected chi connectivity index (χ3v) is 2.30. The Kier molecular flexibility index (Phi) is 2.22. The number of nitrogen functional groups attached to an aromatic ring is 1. The Morgan fingerprint density at radius 3 is 2.56 bits per heavy atom. The molecule has 6 nitrogen and oxygen atoms in total. The summed E-state index contributed by atoms with van der Waals surface area (Å²) in [4.78, 5) is 12.4. The van der Waals surface area contributed by atoms with Crippen LogP contribution in [-0.2, 0) is 5.54 Å². The maximum absolute atomic E-state index is 5.89. The van der Waals surface area contributed by atoms with E-state index < -0.39 is 0 Å². The Morgan fingerprint density at radius 2 is 2.00 bits per heavy atom. The second kappa shape index (κ2) is 3.33. The lowest BCUT2D eigenvalue weighted by atomic mass is 10.1. The van der Waals surface area contributed by atoms with Crippen molar-refractivity contribution in [2.45, 2.75) is 26.3 Å². The van der Waals surface area contributed by atoms with Crippen molar-refractivity contribution in [2.75, 3.05) is 12.8 Å². The Balaban J connectivity index is 2.81. The number of hydrogen-bond donors (Lipinski definition) is 1. The predicted molar refractivity (Wildman–Crippen MR) is 61.3 cm³/mol. The van der Waals surface area contributed by atoms with E-state index in [-0.39, 0.29) is 5.54 Å². The molecule has 2 aromatic rings. The number of aromatic nitrogens is 4. The van der Waals surface area contributed by atoms with E-state index in [1.165, 1.54) is 6.33 Å². The molecular weight excluding hydrogens is 206 g/mol. The number of fused-ring (bicyclic) bond motifs is 1. The highest BCUT2D eigenvalue weighted by molar-refractivity contribution is 5.79. The van der Waals surface area contributed by atoms with Gasteiger partial charge in [-0.2, -0.15) is 4.98 Å². The van der Waals surface area contributed by atoms with E-state index in [0.717, 1.165) is 0 Å². The van der Waals surface area contributed by atoms with Crippen LogP contribution in [0, 0.1) is 0 Å². The zero-order chi connectivity index (χ0) is 11.9. The summed E-state index contributed by atoms with van der Waals surface area (Å²) >= 11 is 0. The smallest absolute Gasteiger partial charge is 0.245 e. The Labute approximate surface area is 93.5 Å². The SMILES string of the molecule is COc1ncnc2c1nc(N)n2C(C)(C)C. The molecule has 0 aliphatic rings. The highest BCUT2D eigenvalue weighted by Gasteiger charge is 2.22. The molecule has 2 rings (SSSR count). The van der Waals surface area contributed by atoms with Crippen LogP contribution in [0.3, 0.4) is 0 Å². The van der Waals surface area contributed by atoms with Crippen molar-refractivity contribution in [2.24, 2.45) is 0 Å². The lowest BCUT2D eigenvalue weighted by molar-refractivity contribution is 0.400. The van der Waals surface area contributed by atoms with Crippen LogP contribution in [0.1, 0.15) is 20.8 Å². The standard InChI is InChI=1S/C10H15N5O/c1-10(2,3)15-7-6(14-9(15)11)8(16-4)13-5-12-7/h5H,1-4H3,(H2,11,14). The molecule has 0 unspecified atom stereocenters. The Morgan fingerprint density at radius 1 is 1.31 bits per heavy atom. The molecule has 0 atom stereocenters. The molecule has 6 heteroatoms. The first-order chi connectivity index (χ1) is 7.45. The molecule has 0 fully saturated rings.